The van der Waals surface area contributed by atoms with Crippen molar-refractivity contribution in [2.75, 3.05) is 13.2 Å². The van der Waals surface area contributed by atoms with Gasteiger partial charge < -0.3 is 15.2 Å². The zero-order chi connectivity index (χ0) is 11.5. The summed E-state index contributed by atoms with van der Waals surface area (Å²) in [6.45, 7) is 0.761. The van der Waals surface area contributed by atoms with Crippen molar-refractivity contribution >= 4 is 23.2 Å². The molecule has 0 radical (unpaired) electrons. The maximum absolute atomic E-state index is 5.83. The molecule has 1 heterocycles. The van der Waals surface area contributed by atoms with Gasteiger partial charge >= 0.3 is 0 Å². The average Bonchev–Trinajstić information content (AvgIpc) is 2.67. The molecule has 0 aromatic heterocycles. The number of hydrogen-bond acceptors (Lipinski definition) is 3. The Morgan fingerprint density at radius 3 is 3.19 bits per heavy atom. The van der Waals surface area contributed by atoms with Gasteiger partial charge in [-0.25, -0.2) is 0 Å². The van der Waals surface area contributed by atoms with Crippen molar-refractivity contribution in [3.8, 4) is 11.5 Å². The van der Waals surface area contributed by atoms with Crippen LogP contribution in [0.15, 0.2) is 28.8 Å². The Kier molecular flexibility index (Phi) is 3.59. The molecule has 0 bridgehead atoms. The number of nitrogens with two attached hydrogens (primary N) is 1. The molecule has 0 saturated carbocycles. The molecule has 0 saturated heterocycles. The van der Waals surface area contributed by atoms with Crippen molar-refractivity contribution in [1.82, 2.24) is 0 Å². The maximum atomic E-state index is 5.83. The van der Waals surface area contributed by atoms with Gasteiger partial charge in [0.15, 0.2) is 0 Å². The van der Waals surface area contributed by atoms with E-state index in [1.807, 2.05) is 12.1 Å². The molecule has 16 heavy (non-hydrogen) atoms. The number of benzene rings is 1. The fourth-order valence-corrected chi connectivity index (χ4v) is 1.61. The first kappa shape index (κ1) is 11.6. The Hall–Kier alpha value is -0.900. The molecule has 1 aliphatic rings. The fraction of sp³-hybridized carbons (Fsp3) is 0.273. The second kappa shape index (κ2) is 4.95. The number of halogens is 2. The van der Waals surface area contributed by atoms with Crippen molar-refractivity contribution in [3.05, 3.63) is 34.3 Å². The van der Waals surface area contributed by atoms with E-state index in [4.69, 9.17) is 38.4 Å². The quantitative estimate of drug-likeness (QED) is 0.908. The highest BCUT2D eigenvalue weighted by atomic mass is 35.5. The summed E-state index contributed by atoms with van der Waals surface area (Å²) >= 11 is 11.1. The topological polar surface area (TPSA) is 44.5 Å². The van der Waals surface area contributed by atoms with Gasteiger partial charge in [-0.05, 0) is 12.1 Å². The van der Waals surface area contributed by atoms with Crippen LogP contribution in [-0.4, -0.2) is 13.2 Å². The number of ether oxygens (including phenoxy) is 2. The van der Waals surface area contributed by atoms with E-state index in [2.05, 4.69) is 0 Å². The van der Waals surface area contributed by atoms with Crippen LogP contribution >= 0.6 is 23.2 Å². The van der Waals surface area contributed by atoms with Gasteiger partial charge in [0.2, 0.25) is 0 Å². The monoisotopic (exact) mass is 259 g/mol. The molecular weight excluding hydrogens is 249 g/mol. The Morgan fingerprint density at radius 2 is 2.44 bits per heavy atom. The van der Waals surface area contributed by atoms with Crippen LogP contribution < -0.4 is 15.2 Å². The van der Waals surface area contributed by atoms with Crippen LogP contribution in [0.1, 0.15) is 11.6 Å². The smallest absolute Gasteiger partial charge is 0.127 e. The lowest BCUT2D eigenvalue weighted by atomic mass is 10.1. The molecule has 86 valence electrons. The van der Waals surface area contributed by atoms with E-state index in [-0.39, 0.29) is 12.6 Å². The number of rotatable bonds is 3. The molecule has 0 fully saturated rings. The van der Waals surface area contributed by atoms with Gasteiger partial charge in [-0.15, -0.1) is 0 Å². The normalized spacial score (nSPS) is 19.2. The molecule has 2 rings (SSSR count). The van der Waals surface area contributed by atoms with Crippen LogP contribution in [0.25, 0.3) is 0 Å². The van der Waals surface area contributed by atoms with E-state index in [1.54, 1.807) is 6.07 Å². The molecule has 0 spiro atoms. The second-order valence-electron chi connectivity index (χ2n) is 3.46. The first-order valence-electron chi connectivity index (χ1n) is 4.80. The summed E-state index contributed by atoms with van der Waals surface area (Å²) in [5, 5.41) is 0.444. The predicted octanol–water partition coefficient (Wildman–Crippen LogP) is 2.78. The molecule has 1 atom stereocenters. The van der Waals surface area contributed by atoms with Crippen molar-refractivity contribution < 1.29 is 9.47 Å². The van der Waals surface area contributed by atoms with Crippen LogP contribution in [0.2, 0.25) is 0 Å². The zero-order valence-electron chi connectivity index (χ0n) is 8.45. The fourth-order valence-electron chi connectivity index (χ4n) is 1.49. The minimum atomic E-state index is -0.0459. The van der Waals surface area contributed by atoms with Crippen molar-refractivity contribution in [2.45, 2.75) is 6.04 Å². The molecule has 0 aliphatic carbocycles. The highest BCUT2D eigenvalue weighted by Crippen LogP contribution is 2.34. The molecule has 0 amide bonds. The van der Waals surface area contributed by atoms with Crippen LogP contribution in [0.5, 0.6) is 11.5 Å². The Bertz CT molecular complexity index is 420. The highest BCUT2D eigenvalue weighted by molar-refractivity contribution is 6.36. The van der Waals surface area contributed by atoms with Gasteiger partial charge in [-0.3, -0.25) is 0 Å². The lowest BCUT2D eigenvalue weighted by Crippen LogP contribution is -2.10. The molecule has 1 unspecified atom stereocenters. The first-order valence-corrected chi connectivity index (χ1v) is 5.62. The minimum absolute atomic E-state index is 0.0459. The summed E-state index contributed by atoms with van der Waals surface area (Å²) in [5.74, 6) is 1.46. The van der Waals surface area contributed by atoms with Gasteiger partial charge in [0.25, 0.3) is 0 Å². The lowest BCUT2D eigenvalue weighted by Gasteiger charge is -2.07. The molecular formula is C11H11Cl2NO2. The van der Waals surface area contributed by atoms with Crippen LogP contribution in [0.3, 0.4) is 0 Å². The Morgan fingerprint density at radius 1 is 1.62 bits per heavy atom. The standard InChI is InChI=1S/C11H11Cl2NO2/c12-4-7(13)5-15-8-1-2-9-10(14)6-16-11(9)3-8/h1-4,10H,5-6,14H2. The molecule has 1 aliphatic heterocycles. The van der Waals surface area contributed by atoms with Gasteiger partial charge in [-0.2, -0.15) is 0 Å². The highest BCUT2D eigenvalue weighted by Gasteiger charge is 2.20. The first-order chi connectivity index (χ1) is 7.70. The molecule has 1 aromatic rings. The van der Waals surface area contributed by atoms with Crippen LogP contribution in [0.4, 0.5) is 0 Å². The molecule has 2 N–H and O–H groups in total. The molecule has 5 heteroatoms. The molecule has 3 nitrogen and oxygen atoms in total. The van der Waals surface area contributed by atoms with Crippen molar-refractivity contribution in [2.24, 2.45) is 5.73 Å². The lowest BCUT2D eigenvalue weighted by molar-refractivity contribution is 0.327. The van der Waals surface area contributed by atoms with Gasteiger partial charge in [0, 0.05) is 17.2 Å². The summed E-state index contributed by atoms with van der Waals surface area (Å²) in [7, 11) is 0. The largest absolute Gasteiger partial charge is 0.491 e. The third kappa shape index (κ3) is 2.43. The third-order valence-electron chi connectivity index (χ3n) is 2.30. The van der Waals surface area contributed by atoms with Crippen LogP contribution in [-0.2, 0) is 0 Å². The minimum Gasteiger partial charge on any atom is -0.491 e. The van der Waals surface area contributed by atoms with Gasteiger partial charge in [-0.1, -0.05) is 23.2 Å². The van der Waals surface area contributed by atoms with Crippen LogP contribution in [0, 0.1) is 0 Å². The summed E-state index contributed by atoms with van der Waals surface area (Å²) in [5.41, 5.74) is 8.11. The van der Waals surface area contributed by atoms with E-state index >= 15 is 0 Å². The van der Waals surface area contributed by atoms with Crippen molar-refractivity contribution in [3.63, 3.8) is 0 Å². The summed E-state index contributed by atoms with van der Waals surface area (Å²) in [6.07, 6.45) is 0. The second-order valence-corrected chi connectivity index (χ2v) is 4.17. The van der Waals surface area contributed by atoms with E-state index in [1.165, 1.54) is 5.54 Å². The van der Waals surface area contributed by atoms with E-state index in [9.17, 15) is 0 Å². The van der Waals surface area contributed by atoms with Crippen molar-refractivity contribution in [1.29, 1.82) is 0 Å². The maximum Gasteiger partial charge on any atom is 0.127 e. The summed E-state index contributed by atoms with van der Waals surface area (Å²) in [6, 6.07) is 5.50. The molecule has 1 aromatic carbocycles. The summed E-state index contributed by atoms with van der Waals surface area (Å²) in [4.78, 5) is 0. The third-order valence-corrected chi connectivity index (χ3v) is 2.89. The Balaban J connectivity index is 2.08. The van der Waals surface area contributed by atoms with Gasteiger partial charge in [0.05, 0.1) is 11.1 Å². The van der Waals surface area contributed by atoms with E-state index in [0.29, 0.717) is 17.4 Å². The Labute approximate surface area is 104 Å². The zero-order valence-corrected chi connectivity index (χ0v) is 9.96. The predicted molar refractivity (Wildman–Crippen MR) is 64.1 cm³/mol. The van der Waals surface area contributed by atoms with E-state index < -0.39 is 0 Å². The number of hydrogen-bond donors (Lipinski definition) is 1. The number of fused-ring (bicyclic) bond motifs is 1. The van der Waals surface area contributed by atoms with Gasteiger partial charge in [0.1, 0.15) is 24.7 Å². The average molecular weight is 260 g/mol. The SMILES string of the molecule is NC1COc2cc(OCC(Cl)=CCl)ccc21. The summed E-state index contributed by atoms with van der Waals surface area (Å²) < 4.78 is 10.8. The van der Waals surface area contributed by atoms with E-state index in [0.717, 1.165) is 11.3 Å².